The van der Waals surface area contributed by atoms with Gasteiger partial charge in [-0.2, -0.15) is 0 Å². The first kappa shape index (κ1) is 24.0. The average Bonchev–Trinajstić information content (AvgIpc) is 3.01. The summed E-state index contributed by atoms with van der Waals surface area (Å²) in [6, 6.07) is 15.8. The number of esters is 1. The number of rotatable bonds is 6. The summed E-state index contributed by atoms with van der Waals surface area (Å²) in [5.41, 5.74) is 3.70. The lowest BCUT2D eigenvalue weighted by atomic mass is 10.1. The first-order valence-corrected chi connectivity index (χ1v) is 10.9. The number of anilines is 1. The van der Waals surface area contributed by atoms with Gasteiger partial charge in [0.2, 0.25) is 0 Å². The van der Waals surface area contributed by atoms with Gasteiger partial charge in [-0.3, -0.25) is 14.5 Å². The van der Waals surface area contributed by atoms with Gasteiger partial charge in [0.1, 0.15) is 23.7 Å². The quantitative estimate of drug-likeness (QED) is 0.478. The van der Waals surface area contributed by atoms with Crippen LogP contribution in [-0.2, 0) is 14.3 Å². The lowest BCUT2D eigenvalue weighted by Gasteiger charge is -2.22. The molecule has 1 aliphatic heterocycles. The molecule has 0 atom stereocenters. The van der Waals surface area contributed by atoms with Crippen molar-refractivity contribution in [2.45, 2.75) is 33.3 Å². The maximum Gasteiger partial charge on any atom is 0.326 e. The zero-order valence-corrected chi connectivity index (χ0v) is 20.1. The van der Waals surface area contributed by atoms with Crippen LogP contribution in [0.15, 0.2) is 65.3 Å². The molecule has 2 aromatic rings. The molecule has 1 amide bonds. The number of amidine groups is 1. The largest absolute Gasteiger partial charge is 0.459 e. The lowest BCUT2D eigenvalue weighted by Crippen LogP contribution is -2.39. The minimum atomic E-state index is -0.637. The normalized spacial score (nSPS) is 15.3. The molecule has 3 rings (SSSR count). The monoisotopic (exact) mass is 445 g/mol. The van der Waals surface area contributed by atoms with Crippen molar-refractivity contribution in [2.75, 3.05) is 25.5 Å². The zero-order chi connectivity index (χ0) is 24.2. The van der Waals surface area contributed by atoms with Crippen molar-refractivity contribution in [3.05, 3.63) is 77.0 Å². The smallest absolute Gasteiger partial charge is 0.326 e. The Hall–Kier alpha value is -3.67. The van der Waals surface area contributed by atoms with Gasteiger partial charge in [0.25, 0.3) is 5.91 Å². The van der Waals surface area contributed by atoms with Crippen LogP contribution in [0.5, 0.6) is 0 Å². The van der Waals surface area contributed by atoms with E-state index in [1.807, 2.05) is 80.5 Å². The van der Waals surface area contributed by atoms with E-state index < -0.39 is 11.6 Å². The summed E-state index contributed by atoms with van der Waals surface area (Å²) in [5, 5.41) is 0. The number of aliphatic imine (C=N–C) groups is 1. The molecule has 6 heteroatoms. The third kappa shape index (κ3) is 6.65. The van der Waals surface area contributed by atoms with Crippen LogP contribution in [0.3, 0.4) is 0 Å². The molecule has 33 heavy (non-hydrogen) atoms. The molecule has 0 saturated carbocycles. The summed E-state index contributed by atoms with van der Waals surface area (Å²) in [6.07, 6.45) is 5.36. The van der Waals surface area contributed by atoms with E-state index in [1.54, 1.807) is 32.9 Å². The molecule has 0 aromatic heterocycles. The summed E-state index contributed by atoms with van der Waals surface area (Å²) in [4.78, 5) is 33.5. The maximum atomic E-state index is 13.1. The van der Waals surface area contributed by atoms with Gasteiger partial charge in [-0.15, -0.1) is 0 Å². The molecule has 0 fully saturated rings. The molecule has 2 aromatic carbocycles. The summed E-state index contributed by atoms with van der Waals surface area (Å²) in [7, 11) is 3.94. The van der Waals surface area contributed by atoms with Gasteiger partial charge >= 0.3 is 5.97 Å². The zero-order valence-electron chi connectivity index (χ0n) is 20.1. The summed E-state index contributed by atoms with van der Waals surface area (Å²) < 4.78 is 5.43. The molecule has 0 N–H and O–H groups in total. The topological polar surface area (TPSA) is 62.2 Å². The third-order valence-electron chi connectivity index (χ3n) is 4.90. The molecule has 0 bridgehead atoms. The van der Waals surface area contributed by atoms with Crippen LogP contribution < -0.4 is 4.90 Å². The lowest BCUT2D eigenvalue weighted by molar-refractivity contribution is -0.156. The second kappa shape index (κ2) is 9.86. The number of carbonyl (C=O) groups is 2. The fourth-order valence-corrected chi connectivity index (χ4v) is 3.23. The molecule has 0 spiro atoms. The molecule has 1 heterocycles. The second-order valence-electron chi connectivity index (χ2n) is 9.21. The average molecular weight is 446 g/mol. The van der Waals surface area contributed by atoms with E-state index in [9.17, 15) is 9.59 Å². The van der Waals surface area contributed by atoms with Crippen molar-refractivity contribution in [3.63, 3.8) is 0 Å². The predicted octanol–water partition coefficient (Wildman–Crippen LogP) is 4.70. The fourth-order valence-electron chi connectivity index (χ4n) is 3.23. The van der Waals surface area contributed by atoms with Crippen LogP contribution in [0, 0.1) is 6.92 Å². The number of hydrogen-bond donors (Lipinski definition) is 0. The van der Waals surface area contributed by atoms with Gasteiger partial charge in [-0.1, -0.05) is 48.0 Å². The van der Waals surface area contributed by atoms with E-state index in [0.717, 1.165) is 22.4 Å². The number of hydrogen-bond acceptors (Lipinski definition) is 5. The molecule has 1 aliphatic rings. The van der Waals surface area contributed by atoms with Crippen LogP contribution in [0.4, 0.5) is 5.69 Å². The fraction of sp³-hybridized carbons (Fsp3) is 0.296. The summed E-state index contributed by atoms with van der Waals surface area (Å²) in [6.45, 7) is 7.21. The number of ether oxygens (including phenoxy) is 1. The molecule has 0 aliphatic carbocycles. The number of benzene rings is 2. The van der Waals surface area contributed by atoms with Crippen molar-refractivity contribution in [3.8, 4) is 0 Å². The summed E-state index contributed by atoms with van der Waals surface area (Å²) >= 11 is 0. The van der Waals surface area contributed by atoms with Gasteiger partial charge in [-0.25, -0.2) is 4.99 Å². The first-order valence-electron chi connectivity index (χ1n) is 10.9. The number of carbonyl (C=O) groups excluding carboxylic acids is 2. The highest BCUT2D eigenvalue weighted by Crippen LogP contribution is 2.22. The molecule has 6 nitrogen and oxygen atoms in total. The molecule has 0 unspecified atom stereocenters. The Kier molecular flexibility index (Phi) is 7.16. The van der Waals surface area contributed by atoms with Gasteiger partial charge in [0, 0.05) is 19.8 Å². The Labute approximate surface area is 195 Å². The van der Waals surface area contributed by atoms with E-state index in [1.165, 1.54) is 4.90 Å². The van der Waals surface area contributed by atoms with E-state index in [2.05, 4.69) is 4.99 Å². The number of amides is 1. The Morgan fingerprint density at radius 1 is 1.00 bits per heavy atom. The van der Waals surface area contributed by atoms with Crippen molar-refractivity contribution < 1.29 is 14.3 Å². The minimum absolute atomic E-state index is 0.204. The maximum absolute atomic E-state index is 13.1. The Bertz CT molecular complexity index is 1100. The van der Waals surface area contributed by atoms with Crippen LogP contribution in [-0.4, -0.2) is 48.9 Å². The first-order chi connectivity index (χ1) is 15.5. The van der Waals surface area contributed by atoms with Crippen molar-refractivity contribution in [1.29, 1.82) is 0 Å². The minimum Gasteiger partial charge on any atom is -0.459 e. The van der Waals surface area contributed by atoms with E-state index >= 15 is 0 Å². The molecule has 0 radical (unpaired) electrons. The third-order valence-corrected chi connectivity index (χ3v) is 4.90. The highest BCUT2D eigenvalue weighted by molar-refractivity contribution is 6.19. The second-order valence-corrected chi connectivity index (χ2v) is 9.21. The number of nitrogens with zero attached hydrogens (tertiary/aromatic N) is 3. The van der Waals surface area contributed by atoms with Crippen LogP contribution in [0.2, 0.25) is 0 Å². The van der Waals surface area contributed by atoms with Gasteiger partial charge in [-0.05, 0) is 63.1 Å². The van der Waals surface area contributed by atoms with E-state index in [0.29, 0.717) is 5.84 Å². The van der Waals surface area contributed by atoms with E-state index in [-0.39, 0.29) is 18.1 Å². The summed E-state index contributed by atoms with van der Waals surface area (Å²) in [5.74, 6) is -0.410. The molecule has 172 valence electrons. The van der Waals surface area contributed by atoms with Crippen LogP contribution in [0.25, 0.3) is 12.2 Å². The standard InChI is InChI=1S/C27H31N3O3/c1-19-7-9-20(10-8-19)13-16-24-28-23(17-21-11-14-22(15-12-21)29(5)6)26(32)30(24)18-25(31)33-27(2,3)4/h7-17H,18H2,1-6H3/b16-13+,23-17+. The van der Waals surface area contributed by atoms with Gasteiger partial charge in [0.15, 0.2) is 0 Å². The van der Waals surface area contributed by atoms with E-state index in [4.69, 9.17) is 4.74 Å². The van der Waals surface area contributed by atoms with Crippen molar-refractivity contribution >= 4 is 35.6 Å². The molecular formula is C27H31N3O3. The highest BCUT2D eigenvalue weighted by Gasteiger charge is 2.32. The Balaban J connectivity index is 1.89. The van der Waals surface area contributed by atoms with Crippen LogP contribution in [0.1, 0.15) is 37.5 Å². The van der Waals surface area contributed by atoms with Gasteiger partial charge in [0.05, 0.1) is 0 Å². The SMILES string of the molecule is Cc1ccc(/C=C/C2=NC(=C/c3ccc(N(C)C)cc3)/C(=O)N2CC(=O)OC(C)(C)C)cc1. The molecule has 0 saturated heterocycles. The van der Waals surface area contributed by atoms with Gasteiger partial charge < -0.3 is 9.64 Å². The number of aryl methyl sites for hydroxylation is 1. The van der Waals surface area contributed by atoms with Crippen LogP contribution >= 0.6 is 0 Å². The highest BCUT2D eigenvalue weighted by atomic mass is 16.6. The van der Waals surface area contributed by atoms with Crippen molar-refractivity contribution in [2.24, 2.45) is 4.99 Å². The van der Waals surface area contributed by atoms with Crippen molar-refractivity contribution in [1.82, 2.24) is 4.90 Å². The molecular weight excluding hydrogens is 414 g/mol. The Morgan fingerprint density at radius 2 is 1.61 bits per heavy atom. The Morgan fingerprint density at radius 3 is 2.18 bits per heavy atom. The predicted molar refractivity (Wildman–Crippen MR) is 134 cm³/mol.